The number of amides is 1. The van der Waals surface area contributed by atoms with E-state index >= 15 is 0 Å². The van der Waals surface area contributed by atoms with Crippen LogP contribution in [-0.4, -0.2) is 35.0 Å². The summed E-state index contributed by atoms with van der Waals surface area (Å²) in [7, 11) is 0. The molecule has 29 heavy (non-hydrogen) atoms. The number of carbonyl (C=O) groups excluding carboxylic acids is 1. The fraction of sp³-hybridized carbons (Fsp3) is 0.364. The summed E-state index contributed by atoms with van der Waals surface area (Å²) in [5.74, 6) is -0.148. The van der Waals surface area contributed by atoms with Crippen molar-refractivity contribution in [2.45, 2.75) is 32.2 Å². The number of aromatic amines is 1. The van der Waals surface area contributed by atoms with Crippen molar-refractivity contribution in [3.8, 4) is 0 Å². The second kappa shape index (κ2) is 8.55. The van der Waals surface area contributed by atoms with Gasteiger partial charge in [-0.15, -0.1) is 0 Å². The molecule has 6 nitrogen and oxygen atoms in total. The lowest BCUT2D eigenvalue weighted by Crippen LogP contribution is -2.43. The number of piperidine rings is 1. The normalized spacial score (nSPS) is 18.0. The minimum absolute atomic E-state index is 0.00368. The molecule has 4 N–H and O–H groups in total. The molecule has 7 heteroatoms. The Kier molecular flexibility index (Phi) is 5.87. The molecule has 3 heterocycles. The van der Waals surface area contributed by atoms with Crippen molar-refractivity contribution in [3.05, 3.63) is 52.8 Å². The average molecular weight is 456 g/mol. The summed E-state index contributed by atoms with van der Waals surface area (Å²) in [5, 5.41) is 4.04. The van der Waals surface area contributed by atoms with Gasteiger partial charge in [-0.3, -0.25) is 4.79 Å². The second-order valence-corrected chi connectivity index (χ2v) is 8.66. The van der Waals surface area contributed by atoms with Gasteiger partial charge in [-0.1, -0.05) is 37.3 Å². The molecule has 1 unspecified atom stereocenters. The number of hydrogen-bond donors (Lipinski definition) is 3. The number of fused-ring (bicyclic) bond motifs is 1. The highest BCUT2D eigenvalue weighted by molar-refractivity contribution is 9.10. The molecule has 1 amide bonds. The standard InChI is InChI=1S/C22H26BrN5O/c1-14(10-15-6-3-2-4-7-15)22(29)27-18-12-26-21-19(18)20(17(23)11-25-21)28-9-5-8-16(24)13-28/h2-4,6-7,11-12,14,16H,5,8-10,13,24H2,1H3,(H,25,26)(H,27,29)/t14?,16-/m1/s1. The Hall–Kier alpha value is -2.38. The van der Waals surface area contributed by atoms with Crippen molar-refractivity contribution >= 4 is 44.2 Å². The molecule has 1 aliphatic heterocycles. The van der Waals surface area contributed by atoms with E-state index in [9.17, 15) is 4.79 Å². The van der Waals surface area contributed by atoms with Crippen LogP contribution in [0, 0.1) is 5.92 Å². The number of anilines is 2. The van der Waals surface area contributed by atoms with Crippen LogP contribution in [-0.2, 0) is 11.2 Å². The van der Waals surface area contributed by atoms with Gasteiger partial charge in [-0.2, -0.15) is 0 Å². The first-order chi connectivity index (χ1) is 14.0. The largest absolute Gasteiger partial charge is 0.368 e. The van der Waals surface area contributed by atoms with Gasteiger partial charge < -0.3 is 20.9 Å². The van der Waals surface area contributed by atoms with E-state index in [0.29, 0.717) is 6.42 Å². The van der Waals surface area contributed by atoms with Crippen molar-refractivity contribution in [1.82, 2.24) is 9.97 Å². The number of nitrogens with zero attached hydrogens (tertiary/aromatic N) is 2. The Morgan fingerprint density at radius 2 is 2.21 bits per heavy atom. The van der Waals surface area contributed by atoms with Crippen molar-refractivity contribution in [1.29, 1.82) is 0 Å². The third-order valence-corrected chi connectivity index (χ3v) is 6.07. The van der Waals surface area contributed by atoms with Gasteiger partial charge in [0.1, 0.15) is 5.65 Å². The average Bonchev–Trinajstić information content (AvgIpc) is 3.11. The van der Waals surface area contributed by atoms with E-state index in [1.165, 1.54) is 0 Å². The third-order valence-electron chi connectivity index (χ3n) is 5.49. The number of aromatic nitrogens is 2. The van der Waals surface area contributed by atoms with Crippen LogP contribution in [0.1, 0.15) is 25.3 Å². The molecule has 1 fully saturated rings. The summed E-state index contributed by atoms with van der Waals surface area (Å²) < 4.78 is 0.909. The van der Waals surface area contributed by atoms with Gasteiger partial charge in [0.2, 0.25) is 5.91 Å². The molecular formula is C22H26BrN5O. The summed E-state index contributed by atoms with van der Waals surface area (Å²) >= 11 is 3.66. The van der Waals surface area contributed by atoms with E-state index < -0.39 is 0 Å². The van der Waals surface area contributed by atoms with Gasteiger partial charge in [-0.05, 0) is 40.8 Å². The Morgan fingerprint density at radius 3 is 2.97 bits per heavy atom. The first kappa shape index (κ1) is 19.9. The monoisotopic (exact) mass is 455 g/mol. The van der Waals surface area contributed by atoms with Gasteiger partial charge in [0, 0.05) is 37.4 Å². The van der Waals surface area contributed by atoms with Crippen molar-refractivity contribution < 1.29 is 4.79 Å². The third kappa shape index (κ3) is 4.31. The smallest absolute Gasteiger partial charge is 0.227 e. The Balaban J connectivity index is 1.61. The molecule has 2 atom stereocenters. The quantitative estimate of drug-likeness (QED) is 0.540. The number of H-pyrrole nitrogens is 1. The molecule has 0 aliphatic carbocycles. The van der Waals surface area contributed by atoms with Crippen LogP contribution >= 0.6 is 15.9 Å². The van der Waals surface area contributed by atoms with Crippen LogP contribution in [0.4, 0.5) is 11.4 Å². The van der Waals surface area contributed by atoms with Crippen molar-refractivity contribution in [2.75, 3.05) is 23.3 Å². The fourth-order valence-electron chi connectivity index (χ4n) is 3.99. The summed E-state index contributed by atoms with van der Waals surface area (Å²) in [5.41, 5.74) is 9.92. The predicted octanol–water partition coefficient (Wildman–Crippen LogP) is 4.07. The second-order valence-electron chi connectivity index (χ2n) is 7.81. The minimum atomic E-state index is -0.144. The van der Waals surface area contributed by atoms with E-state index in [0.717, 1.165) is 58.4 Å². The number of nitrogens with two attached hydrogens (primary N) is 1. The summed E-state index contributed by atoms with van der Waals surface area (Å²) in [4.78, 5) is 22.9. The maximum Gasteiger partial charge on any atom is 0.227 e. The highest BCUT2D eigenvalue weighted by atomic mass is 79.9. The van der Waals surface area contributed by atoms with Crippen molar-refractivity contribution in [3.63, 3.8) is 0 Å². The Bertz CT molecular complexity index is 1000. The predicted molar refractivity (Wildman–Crippen MR) is 121 cm³/mol. The first-order valence-electron chi connectivity index (χ1n) is 10.0. The lowest BCUT2D eigenvalue weighted by molar-refractivity contribution is -0.119. The number of halogens is 1. The molecular weight excluding hydrogens is 430 g/mol. The Labute approximate surface area is 179 Å². The number of pyridine rings is 1. The fourth-order valence-corrected chi connectivity index (χ4v) is 4.54. The molecule has 1 aromatic carbocycles. The van der Waals surface area contributed by atoms with Crippen LogP contribution in [0.2, 0.25) is 0 Å². The number of carbonyl (C=O) groups is 1. The molecule has 152 valence electrons. The lowest BCUT2D eigenvalue weighted by atomic mass is 10.0. The Morgan fingerprint density at radius 1 is 1.41 bits per heavy atom. The molecule has 4 rings (SSSR count). The molecule has 0 bridgehead atoms. The molecule has 1 saturated heterocycles. The summed E-state index contributed by atoms with van der Waals surface area (Å²) in [6.07, 6.45) is 6.42. The number of nitrogens with one attached hydrogen (secondary N) is 2. The van der Waals surface area contributed by atoms with E-state index in [2.05, 4.69) is 36.1 Å². The van der Waals surface area contributed by atoms with E-state index in [-0.39, 0.29) is 17.9 Å². The maximum absolute atomic E-state index is 12.9. The topological polar surface area (TPSA) is 87.0 Å². The summed E-state index contributed by atoms with van der Waals surface area (Å²) in [6, 6.07) is 10.2. The highest BCUT2D eigenvalue weighted by Crippen LogP contribution is 2.39. The zero-order chi connectivity index (χ0) is 20.4. The zero-order valence-electron chi connectivity index (χ0n) is 16.5. The molecule has 2 aromatic heterocycles. The first-order valence-corrected chi connectivity index (χ1v) is 10.8. The molecule has 1 aliphatic rings. The lowest BCUT2D eigenvalue weighted by Gasteiger charge is -2.33. The van der Waals surface area contributed by atoms with Gasteiger partial charge in [0.15, 0.2) is 0 Å². The number of benzene rings is 1. The molecule has 0 saturated carbocycles. The van der Waals surface area contributed by atoms with Crippen LogP contribution in [0.3, 0.4) is 0 Å². The molecule has 3 aromatic rings. The SMILES string of the molecule is CC(Cc1ccccc1)C(=O)Nc1c[nH]c2ncc(Br)c(N3CCC[C@@H](N)C3)c12. The van der Waals surface area contributed by atoms with E-state index in [4.69, 9.17) is 5.73 Å². The van der Waals surface area contributed by atoms with Crippen molar-refractivity contribution in [2.24, 2.45) is 11.7 Å². The maximum atomic E-state index is 12.9. The molecule has 0 radical (unpaired) electrons. The van der Waals surface area contributed by atoms with Crippen LogP contribution < -0.4 is 16.0 Å². The molecule has 0 spiro atoms. The minimum Gasteiger partial charge on any atom is -0.368 e. The van der Waals surface area contributed by atoms with Crippen LogP contribution in [0.5, 0.6) is 0 Å². The number of rotatable bonds is 5. The van der Waals surface area contributed by atoms with E-state index in [1.807, 2.05) is 43.5 Å². The number of hydrogen-bond acceptors (Lipinski definition) is 4. The van der Waals surface area contributed by atoms with Crippen LogP contribution in [0.25, 0.3) is 11.0 Å². The summed E-state index contributed by atoms with van der Waals surface area (Å²) in [6.45, 7) is 3.69. The highest BCUT2D eigenvalue weighted by Gasteiger charge is 2.24. The van der Waals surface area contributed by atoms with Gasteiger partial charge in [0.05, 0.1) is 21.2 Å². The zero-order valence-corrected chi connectivity index (χ0v) is 18.1. The van der Waals surface area contributed by atoms with Gasteiger partial charge >= 0.3 is 0 Å². The van der Waals surface area contributed by atoms with Crippen LogP contribution in [0.15, 0.2) is 47.2 Å². The van der Waals surface area contributed by atoms with Gasteiger partial charge in [-0.25, -0.2) is 4.98 Å². The van der Waals surface area contributed by atoms with Gasteiger partial charge in [0.25, 0.3) is 0 Å². The van der Waals surface area contributed by atoms with E-state index in [1.54, 1.807) is 6.20 Å².